The van der Waals surface area contributed by atoms with E-state index in [1.807, 2.05) is 72.8 Å². The molecule has 0 unspecified atom stereocenters. The van der Waals surface area contributed by atoms with Gasteiger partial charge in [0.2, 0.25) is 0 Å². The summed E-state index contributed by atoms with van der Waals surface area (Å²) < 4.78 is 16.7. The van der Waals surface area contributed by atoms with E-state index in [2.05, 4.69) is 10.3 Å². The number of hydrogen-bond donors (Lipinski definition) is 1. The Bertz CT molecular complexity index is 1270. The van der Waals surface area contributed by atoms with Gasteiger partial charge in [-0.2, -0.15) is 0 Å². The summed E-state index contributed by atoms with van der Waals surface area (Å²) in [4.78, 5) is 17.4. The number of carbonyl (C=O) groups is 1. The third-order valence-electron chi connectivity index (χ3n) is 5.06. The number of para-hydroxylation sites is 1. The molecular weight excluding hydrogens is 416 g/mol. The fourth-order valence-corrected chi connectivity index (χ4v) is 3.33. The van der Waals surface area contributed by atoms with E-state index in [0.717, 1.165) is 22.3 Å². The molecule has 0 aliphatic heterocycles. The minimum Gasteiger partial charge on any atom is -0.497 e. The van der Waals surface area contributed by atoms with E-state index >= 15 is 0 Å². The van der Waals surface area contributed by atoms with Gasteiger partial charge in [0, 0.05) is 17.7 Å². The summed E-state index contributed by atoms with van der Waals surface area (Å²) in [5.74, 6) is 1.55. The lowest BCUT2D eigenvalue weighted by atomic mass is 10.1. The monoisotopic (exact) mass is 440 g/mol. The summed E-state index contributed by atoms with van der Waals surface area (Å²) >= 11 is 0. The van der Waals surface area contributed by atoms with Gasteiger partial charge in [0.25, 0.3) is 5.91 Å². The van der Waals surface area contributed by atoms with Crippen LogP contribution >= 0.6 is 0 Å². The summed E-state index contributed by atoms with van der Waals surface area (Å²) in [6, 6.07) is 24.6. The molecule has 3 aromatic carbocycles. The van der Waals surface area contributed by atoms with Crippen LogP contribution in [0.1, 0.15) is 21.6 Å². The molecule has 4 rings (SSSR count). The summed E-state index contributed by atoms with van der Waals surface area (Å²) in [6.07, 6.45) is 3.38. The molecule has 0 aliphatic carbocycles. The molecular formula is C27H24N2O4. The highest BCUT2D eigenvalue weighted by Crippen LogP contribution is 2.32. The van der Waals surface area contributed by atoms with E-state index in [-0.39, 0.29) is 11.6 Å². The highest BCUT2D eigenvalue weighted by atomic mass is 16.5. The average molecular weight is 440 g/mol. The number of amides is 1. The van der Waals surface area contributed by atoms with Crippen LogP contribution in [-0.4, -0.2) is 25.1 Å². The predicted molar refractivity (Wildman–Crippen MR) is 129 cm³/mol. The quantitative estimate of drug-likeness (QED) is 0.406. The summed E-state index contributed by atoms with van der Waals surface area (Å²) in [5, 5.41) is 3.54. The maximum absolute atomic E-state index is 12.9. The number of rotatable bonds is 8. The van der Waals surface area contributed by atoms with Crippen molar-refractivity contribution < 1.29 is 19.0 Å². The summed E-state index contributed by atoms with van der Waals surface area (Å²) in [7, 11) is 3.19. The first-order valence-electron chi connectivity index (χ1n) is 10.4. The van der Waals surface area contributed by atoms with Gasteiger partial charge in [-0.15, -0.1) is 0 Å². The van der Waals surface area contributed by atoms with Crippen molar-refractivity contribution in [2.45, 2.75) is 6.61 Å². The third-order valence-corrected chi connectivity index (χ3v) is 5.06. The van der Waals surface area contributed by atoms with Gasteiger partial charge in [-0.1, -0.05) is 48.5 Å². The van der Waals surface area contributed by atoms with E-state index in [0.29, 0.717) is 23.6 Å². The smallest absolute Gasteiger partial charge is 0.273 e. The normalized spacial score (nSPS) is 10.8. The SMILES string of the molecule is COc1ccc(/C=C/NC(=O)c2cc(OCc3ccccc3)c3cccc(OC)c3n2)cc1. The number of ether oxygens (including phenoxy) is 3. The number of fused-ring (bicyclic) bond motifs is 1. The van der Waals surface area contributed by atoms with E-state index in [4.69, 9.17) is 14.2 Å². The number of benzene rings is 3. The molecule has 6 nitrogen and oxygen atoms in total. The fourth-order valence-electron chi connectivity index (χ4n) is 3.33. The molecule has 1 aromatic heterocycles. The van der Waals surface area contributed by atoms with Crippen LogP contribution in [0.2, 0.25) is 0 Å². The predicted octanol–water partition coefficient (Wildman–Crippen LogP) is 5.23. The van der Waals surface area contributed by atoms with Crippen LogP contribution in [0, 0.1) is 0 Å². The van der Waals surface area contributed by atoms with Gasteiger partial charge in [0.1, 0.15) is 35.1 Å². The van der Waals surface area contributed by atoms with Crippen molar-refractivity contribution in [2.24, 2.45) is 0 Å². The first-order chi connectivity index (χ1) is 16.2. The van der Waals surface area contributed by atoms with Crippen LogP contribution in [0.5, 0.6) is 17.2 Å². The minimum absolute atomic E-state index is 0.231. The lowest BCUT2D eigenvalue weighted by molar-refractivity contribution is 0.0965. The highest BCUT2D eigenvalue weighted by molar-refractivity contribution is 5.99. The van der Waals surface area contributed by atoms with Crippen molar-refractivity contribution in [2.75, 3.05) is 14.2 Å². The van der Waals surface area contributed by atoms with E-state index in [1.54, 1.807) is 32.6 Å². The van der Waals surface area contributed by atoms with E-state index in [9.17, 15) is 4.79 Å². The standard InChI is InChI=1S/C27H24N2O4/c1-31-21-13-11-19(12-14-21)15-16-28-27(30)23-17-25(33-18-20-7-4-3-5-8-20)22-9-6-10-24(32-2)26(22)29-23/h3-17H,18H2,1-2H3,(H,28,30)/b16-15+. The molecule has 1 amide bonds. The van der Waals surface area contributed by atoms with Crippen molar-refractivity contribution in [3.8, 4) is 17.2 Å². The number of aromatic nitrogens is 1. The second-order valence-corrected chi connectivity index (χ2v) is 7.22. The molecule has 1 heterocycles. The van der Waals surface area contributed by atoms with Gasteiger partial charge in [-0.3, -0.25) is 4.79 Å². The van der Waals surface area contributed by atoms with Crippen molar-refractivity contribution in [1.29, 1.82) is 0 Å². The molecule has 0 atom stereocenters. The number of carbonyl (C=O) groups excluding carboxylic acids is 1. The van der Waals surface area contributed by atoms with Crippen LogP contribution in [0.4, 0.5) is 0 Å². The van der Waals surface area contributed by atoms with Crippen LogP contribution in [0.15, 0.2) is 85.1 Å². The molecule has 0 radical (unpaired) electrons. The van der Waals surface area contributed by atoms with Gasteiger partial charge in [-0.05, 0) is 41.5 Å². The molecule has 0 fully saturated rings. The first kappa shape index (κ1) is 21.9. The van der Waals surface area contributed by atoms with Crippen LogP contribution < -0.4 is 19.5 Å². The highest BCUT2D eigenvalue weighted by Gasteiger charge is 2.15. The summed E-state index contributed by atoms with van der Waals surface area (Å²) in [6.45, 7) is 0.371. The van der Waals surface area contributed by atoms with Crippen LogP contribution in [0.3, 0.4) is 0 Å². The zero-order chi connectivity index (χ0) is 23.0. The van der Waals surface area contributed by atoms with E-state index in [1.165, 1.54) is 0 Å². The lowest BCUT2D eigenvalue weighted by Gasteiger charge is -2.13. The average Bonchev–Trinajstić information content (AvgIpc) is 2.87. The van der Waals surface area contributed by atoms with Crippen LogP contribution in [-0.2, 0) is 6.61 Å². The van der Waals surface area contributed by atoms with Gasteiger partial charge >= 0.3 is 0 Å². The Hall–Kier alpha value is -4.32. The van der Waals surface area contributed by atoms with Gasteiger partial charge < -0.3 is 19.5 Å². The second kappa shape index (κ2) is 10.3. The molecule has 33 heavy (non-hydrogen) atoms. The van der Waals surface area contributed by atoms with Gasteiger partial charge in [0.05, 0.1) is 14.2 Å². The Labute approximate surface area is 192 Å². The minimum atomic E-state index is -0.350. The van der Waals surface area contributed by atoms with E-state index < -0.39 is 0 Å². The molecule has 6 heteroatoms. The Kier molecular flexibility index (Phi) is 6.85. The second-order valence-electron chi connectivity index (χ2n) is 7.22. The number of methoxy groups -OCH3 is 2. The number of nitrogens with one attached hydrogen (secondary N) is 1. The molecule has 166 valence electrons. The largest absolute Gasteiger partial charge is 0.497 e. The summed E-state index contributed by atoms with van der Waals surface area (Å²) in [5.41, 5.74) is 2.75. The zero-order valence-electron chi connectivity index (χ0n) is 18.4. The molecule has 1 N–H and O–H groups in total. The number of hydrogen-bond acceptors (Lipinski definition) is 5. The number of pyridine rings is 1. The van der Waals surface area contributed by atoms with Crippen molar-refractivity contribution >= 4 is 22.9 Å². The fraction of sp³-hybridized carbons (Fsp3) is 0.111. The molecule has 0 bridgehead atoms. The maximum Gasteiger partial charge on any atom is 0.273 e. The maximum atomic E-state index is 12.9. The Morgan fingerprint density at radius 1 is 0.909 bits per heavy atom. The first-order valence-corrected chi connectivity index (χ1v) is 10.4. The molecule has 0 spiro atoms. The topological polar surface area (TPSA) is 69.7 Å². The van der Waals surface area contributed by atoms with Gasteiger partial charge in [0.15, 0.2) is 0 Å². The lowest BCUT2D eigenvalue weighted by Crippen LogP contribution is -2.18. The zero-order valence-corrected chi connectivity index (χ0v) is 18.4. The van der Waals surface area contributed by atoms with Crippen molar-refractivity contribution in [3.05, 3.63) is 102 Å². The van der Waals surface area contributed by atoms with Crippen molar-refractivity contribution in [1.82, 2.24) is 10.3 Å². The molecule has 0 aliphatic rings. The molecule has 0 saturated heterocycles. The Morgan fingerprint density at radius 2 is 1.70 bits per heavy atom. The molecule has 4 aromatic rings. The van der Waals surface area contributed by atoms with Crippen molar-refractivity contribution in [3.63, 3.8) is 0 Å². The Morgan fingerprint density at radius 3 is 2.42 bits per heavy atom. The Balaban J connectivity index is 1.59. The van der Waals surface area contributed by atoms with Crippen LogP contribution in [0.25, 0.3) is 17.0 Å². The van der Waals surface area contributed by atoms with Gasteiger partial charge in [-0.25, -0.2) is 4.98 Å². The molecule has 0 saturated carbocycles. The number of nitrogens with zero attached hydrogens (tertiary/aromatic N) is 1. The third kappa shape index (κ3) is 5.30.